The second-order valence-electron chi connectivity index (χ2n) is 10.1. The van der Waals surface area contributed by atoms with Crippen LogP contribution in [0.1, 0.15) is 37.8 Å². The predicted octanol–water partition coefficient (Wildman–Crippen LogP) is 5.03. The lowest BCUT2D eigenvalue weighted by Gasteiger charge is -2.33. The third-order valence-electron chi connectivity index (χ3n) is 6.57. The minimum atomic E-state index is -4.96. The highest BCUT2D eigenvalue weighted by Crippen LogP contribution is 2.45. The molecular formula is C30H34ClF3N2O6. The van der Waals surface area contributed by atoms with Gasteiger partial charge in [-0.2, -0.15) is 13.2 Å². The molecule has 12 heteroatoms. The highest BCUT2D eigenvalue weighted by atomic mass is 35.5. The van der Waals surface area contributed by atoms with Crippen LogP contribution >= 0.6 is 11.6 Å². The smallest absolute Gasteiger partial charge is 0.430 e. The van der Waals surface area contributed by atoms with Gasteiger partial charge in [0.25, 0.3) is 0 Å². The summed E-state index contributed by atoms with van der Waals surface area (Å²) < 4.78 is 57.8. The summed E-state index contributed by atoms with van der Waals surface area (Å²) >= 11 is 6.34. The van der Waals surface area contributed by atoms with Crippen molar-refractivity contribution in [2.45, 2.75) is 51.4 Å². The van der Waals surface area contributed by atoms with E-state index in [1.807, 2.05) is 13.8 Å². The minimum absolute atomic E-state index is 0.0731. The Morgan fingerprint density at radius 2 is 1.79 bits per heavy atom. The minimum Gasteiger partial charge on any atom is -0.491 e. The quantitative estimate of drug-likeness (QED) is 0.325. The summed E-state index contributed by atoms with van der Waals surface area (Å²) in [5, 5.41) is 13.2. The van der Waals surface area contributed by atoms with Gasteiger partial charge in [0.2, 0.25) is 0 Å². The number of ether oxygens (including phenoxy) is 3. The number of hydrogen-bond donors (Lipinski definition) is 2. The third kappa shape index (κ3) is 8.56. The second-order valence-corrected chi connectivity index (χ2v) is 10.5. The largest absolute Gasteiger partial charge is 0.491 e. The molecule has 3 rings (SSSR count). The van der Waals surface area contributed by atoms with Crippen LogP contribution < -0.4 is 10.1 Å². The predicted molar refractivity (Wildman–Crippen MR) is 152 cm³/mol. The molecule has 1 heterocycles. The van der Waals surface area contributed by atoms with Crippen molar-refractivity contribution in [2.24, 2.45) is 10.9 Å². The van der Waals surface area contributed by atoms with Crippen LogP contribution in [0.5, 0.6) is 5.75 Å². The van der Waals surface area contributed by atoms with E-state index in [-0.39, 0.29) is 41.1 Å². The highest BCUT2D eigenvalue weighted by Gasteiger charge is 2.53. The molecule has 0 amide bonds. The number of benzene rings is 2. The average Bonchev–Trinajstić information content (AvgIpc) is 2.94. The SMILES string of the molecule is COC(=O)C1C(C(F)(F)F)=NC(C)=C(C(=O)OCCc2ccc(OCC(O)CNC(C)C)cc2)C1c1ccccc1Cl. The van der Waals surface area contributed by atoms with Gasteiger partial charge >= 0.3 is 18.1 Å². The van der Waals surface area contributed by atoms with E-state index in [2.05, 4.69) is 10.3 Å². The van der Waals surface area contributed by atoms with E-state index in [0.29, 0.717) is 18.7 Å². The molecule has 2 aromatic rings. The molecular weight excluding hydrogens is 577 g/mol. The van der Waals surface area contributed by atoms with E-state index in [1.54, 1.807) is 36.4 Å². The van der Waals surface area contributed by atoms with E-state index in [9.17, 15) is 27.9 Å². The lowest BCUT2D eigenvalue weighted by Crippen LogP contribution is -2.43. The van der Waals surface area contributed by atoms with Crippen LogP contribution in [-0.4, -0.2) is 67.9 Å². The first kappa shape index (κ1) is 33.1. The number of esters is 2. The lowest BCUT2D eigenvalue weighted by molar-refractivity contribution is -0.145. The molecule has 42 heavy (non-hydrogen) atoms. The molecule has 0 aliphatic carbocycles. The number of hydrogen-bond acceptors (Lipinski definition) is 8. The Morgan fingerprint density at radius 3 is 2.38 bits per heavy atom. The molecule has 0 aromatic heterocycles. The van der Waals surface area contributed by atoms with Crippen molar-refractivity contribution in [2.75, 3.05) is 26.9 Å². The Hall–Kier alpha value is -3.41. The van der Waals surface area contributed by atoms with E-state index in [1.165, 1.54) is 19.1 Å². The number of halogens is 4. The van der Waals surface area contributed by atoms with E-state index >= 15 is 0 Å². The van der Waals surface area contributed by atoms with Crippen molar-refractivity contribution >= 4 is 29.3 Å². The van der Waals surface area contributed by atoms with Gasteiger partial charge in [-0.1, -0.05) is 55.8 Å². The number of rotatable bonds is 12. The molecule has 1 aliphatic rings. The molecule has 3 unspecified atom stereocenters. The average molecular weight is 611 g/mol. The fourth-order valence-electron chi connectivity index (χ4n) is 4.53. The molecule has 0 bridgehead atoms. The van der Waals surface area contributed by atoms with Crippen molar-refractivity contribution in [3.8, 4) is 5.75 Å². The van der Waals surface area contributed by atoms with Crippen LogP contribution in [0.3, 0.4) is 0 Å². The molecule has 0 saturated carbocycles. The fourth-order valence-corrected chi connectivity index (χ4v) is 4.78. The molecule has 2 N–H and O–H groups in total. The van der Waals surface area contributed by atoms with E-state index in [4.69, 9.17) is 25.8 Å². The number of nitrogens with zero attached hydrogens (tertiary/aromatic N) is 1. The zero-order valence-electron chi connectivity index (χ0n) is 23.7. The van der Waals surface area contributed by atoms with Gasteiger partial charge in [-0.25, -0.2) is 4.79 Å². The Bertz CT molecular complexity index is 1310. The van der Waals surface area contributed by atoms with Gasteiger partial charge in [0.1, 0.15) is 30.1 Å². The maximum Gasteiger partial charge on any atom is 0.430 e. The zero-order valence-corrected chi connectivity index (χ0v) is 24.5. The number of methoxy groups -OCH3 is 1. The highest BCUT2D eigenvalue weighted by molar-refractivity contribution is 6.31. The van der Waals surface area contributed by atoms with E-state index in [0.717, 1.165) is 12.7 Å². The fraction of sp³-hybridized carbons (Fsp3) is 0.433. The standard InChI is InChI=1S/C30H34ClF3N2O6/c1-17(2)35-15-20(37)16-42-21-11-9-19(10-12-21)13-14-41-29(39)24-18(3)36-27(30(32,33)34)26(28(38)40-4)25(24)22-7-5-6-8-23(22)31/h5-12,17,20,25-26,35,37H,13-16H2,1-4H3. The monoisotopic (exact) mass is 610 g/mol. The molecule has 0 radical (unpaired) electrons. The molecule has 2 aromatic carbocycles. The first-order valence-electron chi connectivity index (χ1n) is 13.3. The Morgan fingerprint density at radius 1 is 1.12 bits per heavy atom. The van der Waals surface area contributed by atoms with E-state index < -0.39 is 41.8 Å². The normalized spacial score (nSPS) is 18.0. The topological polar surface area (TPSA) is 106 Å². The number of aliphatic hydroxyl groups is 1. The van der Waals surface area contributed by atoms with Crippen LogP contribution in [0.2, 0.25) is 5.02 Å². The molecule has 228 valence electrons. The summed E-state index contributed by atoms with van der Waals surface area (Å²) in [7, 11) is 0.964. The summed E-state index contributed by atoms with van der Waals surface area (Å²) in [6.45, 7) is 5.63. The van der Waals surface area contributed by atoms with Crippen molar-refractivity contribution in [1.29, 1.82) is 0 Å². The first-order chi connectivity index (χ1) is 19.8. The second kappa shape index (κ2) is 14.7. The number of aliphatic imine (C=N–C) groups is 1. The van der Waals surface area contributed by atoms with Crippen LogP contribution in [0.4, 0.5) is 13.2 Å². The van der Waals surface area contributed by atoms with Gasteiger partial charge in [0.15, 0.2) is 0 Å². The van der Waals surface area contributed by atoms with Crippen molar-refractivity contribution in [3.05, 3.63) is 76.0 Å². The number of aliphatic hydroxyl groups excluding tert-OH is 1. The van der Waals surface area contributed by atoms with Gasteiger partial charge < -0.3 is 24.6 Å². The van der Waals surface area contributed by atoms with Gasteiger partial charge in [0.05, 0.1) is 19.3 Å². The number of alkyl halides is 3. The molecule has 0 fully saturated rings. The van der Waals surface area contributed by atoms with Crippen molar-refractivity contribution in [3.63, 3.8) is 0 Å². The molecule has 0 spiro atoms. The van der Waals surface area contributed by atoms with Gasteiger partial charge in [-0.3, -0.25) is 9.79 Å². The Kier molecular flexibility index (Phi) is 11.6. The van der Waals surface area contributed by atoms with Crippen molar-refractivity contribution < 1.29 is 42.1 Å². The molecule has 1 aliphatic heterocycles. The van der Waals surface area contributed by atoms with Gasteiger partial charge in [-0.15, -0.1) is 0 Å². The maximum absolute atomic E-state index is 14.0. The van der Waals surface area contributed by atoms with Crippen LogP contribution in [0, 0.1) is 5.92 Å². The third-order valence-corrected chi connectivity index (χ3v) is 6.92. The summed E-state index contributed by atoms with van der Waals surface area (Å²) in [4.78, 5) is 29.7. The number of carbonyl (C=O) groups excluding carboxylic acids is 2. The summed E-state index contributed by atoms with van der Waals surface area (Å²) in [6, 6.07) is 13.3. The lowest BCUT2D eigenvalue weighted by atomic mass is 9.75. The summed E-state index contributed by atoms with van der Waals surface area (Å²) in [5.74, 6) is -4.97. The molecule has 3 atom stereocenters. The Labute approximate surface area is 247 Å². The molecule has 0 saturated heterocycles. The van der Waals surface area contributed by atoms with Gasteiger partial charge in [-0.05, 0) is 36.2 Å². The van der Waals surface area contributed by atoms with Crippen LogP contribution in [0.25, 0.3) is 0 Å². The maximum atomic E-state index is 14.0. The van der Waals surface area contributed by atoms with Crippen LogP contribution in [-0.2, 0) is 25.5 Å². The summed E-state index contributed by atoms with van der Waals surface area (Å²) in [6.07, 6.45) is -5.34. The number of carbonyl (C=O) groups is 2. The van der Waals surface area contributed by atoms with Gasteiger partial charge in [0, 0.05) is 35.6 Å². The molecule has 8 nitrogen and oxygen atoms in total. The zero-order chi connectivity index (χ0) is 31.0. The van der Waals surface area contributed by atoms with Crippen LogP contribution in [0.15, 0.2) is 64.8 Å². The summed E-state index contributed by atoms with van der Waals surface area (Å²) in [5.41, 5.74) is -0.873. The number of allylic oxidation sites excluding steroid dienone is 1. The Balaban J connectivity index is 1.76. The van der Waals surface area contributed by atoms with Crippen molar-refractivity contribution in [1.82, 2.24) is 5.32 Å². The first-order valence-corrected chi connectivity index (χ1v) is 13.7. The number of nitrogens with one attached hydrogen (secondary N) is 1.